The first kappa shape index (κ1) is 10.0. The molecule has 3 rings (SSSR count). The van der Waals surface area contributed by atoms with E-state index in [0.717, 1.165) is 0 Å². The minimum absolute atomic E-state index is 0.258. The topological polar surface area (TPSA) is 26.3 Å². The van der Waals surface area contributed by atoms with E-state index in [9.17, 15) is 9.18 Å². The van der Waals surface area contributed by atoms with Crippen LogP contribution >= 0.6 is 0 Å². The zero-order valence-electron chi connectivity index (χ0n) is 8.89. The van der Waals surface area contributed by atoms with Gasteiger partial charge in [-0.05, 0) is 12.1 Å². The van der Waals surface area contributed by atoms with E-state index in [4.69, 9.17) is 4.74 Å². The summed E-state index contributed by atoms with van der Waals surface area (Å²) in [5, 5.41) is 0. The normalized spacial score (nSPS) is 15.4. The molecule has 0 radical (unpaired) electrons. The molecule has 0 atom stereocenters. The van der Waals surface area contributed by atoms with Gasteiger partial charge < -0.3 is 4.74 Å². The molecule has 2 aromatic carbocycles. The molecule has 0 saturated heterocycles. The highest BCUT2D eigenvalue weighted by molar-refractivity contribution is 5.77. The summed E-state index contributed by atoms with van der Waals surface area (Å²) in [5.41, 5.74) is -1.60. The molecule has 0 N–H and O–H groups in total. The van der Waals surface area contributed by atoms with Crippen molar-refractivity contribution >= 4 is 6.29 Å². The molecule has 0 saturated carbocycles. The van der Waals surface area contributed by atoms with Crippen LogP contribution < -0.4 is 4.74 Å². The van der Waals surface area contributed by atoms with E-state index in [1.165, 1.54) is 0 Å². The van der Waals surface area contributed by atoms with Crippen molar-refractivity contribution < 1.29 is 13.9 Å². The third kappa shape index (κ3) is 1.29. The lowest BCUT2D eigenvalue weighted by Gasteiger charge is -2.29. The summed E-state index contributed by atoms with van der Waals surface area (Å²) in [6.07, 6.45) is 0.327. The number of aldehydes is 1. The quantitative estimate of drug-likeness (QED) is 0.700. The fourth-order valence-electron chi connectivity index (χ4n) is 2.10. The molecule has 3 heteroatoms. The third-order valence-electron chi connectivity index (χ3n) is 2.94. The monoisotopic (exact) mass is 228 g/mol. The molecule has 2 nitrogen and oxygen atoms in total. The van der Waals surface area contributed by atoms with Gasteiger partial charge in [-0.3, -0.25) is 4.79 Å². The minimum atomic E-state index is -2.12. The van der Waals surface area contributed by atoms with Crippen molar-refractivity contribution in [1.29, 1.82) is 0 Å². The molecule has 1 aliphatic rings. The number of alkyl halides is 1. The number of rotatable bonds is 1. The largest absolute Gasteiger partial charge is 0.456 e. The van der Waals surface area contributed by atoms with Crippen molar-refractivity contribution in [2.24, 2.45) is 0 Å². The number of halogens is 1. The highest BCUT2D eigenvalue weighted by Gasteiger charge is 2.42. The van der Waals surface area contributed by atoms with Crippen LogP contribution in [0.25, 0.3) is 0 Å². The molecule has 1 heterocycles. The number of ether oxygens (including phenoxy) is 1. The number of carbonyl (C=O) groups is 1. The van der Waals surface area contributed by atoms with Gasteiger partial charge in [0.25, 0.3) is 0 Å². The summed E-state index contributed by atoms with van der Waals surface area (Å²) in [6, 6.07) is 13.3. The number of hydrogen-bond donors (Lipinski definition) is 0. The number of fused-ring (bicyclic) bond motifs is 2. The number of hydrogen-bond acceptors (Lipinski definition) is 2. The number of carbonyl (C=O) groups excluding carboxylic acids is 1. The lowest BCUT2D eigenvalue weighted by atomic mass is 9.86. The van der Waals surface area contributed by atoms with E-state index in [0.29, 0.717) is 17.8 Å². The molecule has 84 valence electrons. The van der Waals surface area contributed by atoms with Gasteiger partial charge in [-0.2, -0.15) is 0 Å². The maximum atomic E-state index is 14.8. The second-order valence-electron chi connectivity index (χ2n) is 3.92. The SMILES string of the molecule is O=CC1(F)c2ccccc2Oc2ccccc21. The fraction of sp³-hybridized carbons (Fsp3) is 0.0714. The lowest BCUT2D eigenvalue weighted by molar-refractivity contribution is -0.116. The minimum Gasteiger partial charge on any atom is -0.456 e. The zero-order chi connectivity index (χ0) is 11.9. The van der Waals surface area contributed by atoms with Gasteiger partial charge in [0.05, 0.1) is 0 Å². The Labute approximate surface area is 97.7 Å². The Balaban J connectivity index is 2.32. The summed E-state index contributed by atoms with van der Waals surface area (Å²) < 4.78 is 20.4. The van der Waals surface area contributed by atoms with E-state index in [-0.39, 0.29) is 11.1 Å². The molecule has 0 spiro atoms. The van der Waals surface area contributed by atoms with Crippen LogP contribution in [0.5, 0.6) is 11.5 Å². The first-order valence-electron chi connectivity index (χ1n) is 5.28. The van der Waals surface area contributed by atoms with Gasteiger partial charge in [-0.25, -0.2) is 4.39 Å². The van der Waals surface area contributed by atoms with Gasteiger partial charge in [0.1, 0.15) is 11.5 Å². The Kier molecular flexibility index (Phi) is 2.01. The summed E-state index contributed by atoms with van der Waals surface area (Å²) in [4.78, 5) is 11.2. The van der Waals surface area contributed by atoms with E-state index in [1.54, 1.807) is 48.5 Å². The molecule has 0 bridgehead atoms. The predicted molar refractivity (Wildman–Crippen MR) is 60.9 cm³/mol. The van der Waals surface area contributed by atoms with Crippen molar-refractivity contribution in [3.63, 3.8) is 0 Å². The average molecular weight is 228 g/mol. The molecule has 1 aliphatic heterocycles. The fourth-order valence-corrected chi connectivity index (χ4v) is 2.10. The van der Waals surface area contributed by atoms with E-state index < -0.39 is 5.67 Å². The molecule has 17 heavy (non-hydrogen) atoms. The second kappa shape index (κ2) is 3.42. The van der Waals surface area contributed by atoms with E-state index in [2.05, 4.69) is 0 Å². The highest BCUT2D eigenvalue weighted by Crippen LogP contribution is 2.47. The summed E-state index contributed by atoms with van der Waals surface area (Å²) in [6.45, 7) is 0. The van der Waals surface area contributed by atoms with Crippen molar-refractivity contribution in [2.45, 2.75) is 5.67 Å². The second-order valence-corrected chi connectivity index (χ2v) is 3.92. The van der Waals surface area contributed by atoms with Crippen LogP contribution in [0.4, 0.5) is 4.39 Å². The van der Waals surface area contributed by atoms with Gasteiger partial charge in [-0.1, -0.05) is 36.4 Å². The van der Waals surface area contributed by atoms with Crippen LogP contribution in [0.15, 0.2) is 48.5 Å². The van der Waals surface area contributed by atoms with Crippen LogP contribution in [0.3, 0.4) is 0 Å². The Morgan fingerprint density at radius 1 is 0.941 bits per heavy atom. The smallest absolute Gasteiger partial charge is 0.222 e. The van der Waals surface area contributed by atoms with Crippen LogP contribution in [0.1, 0.15) is 11.1 Å². The summed E-state index contributed by atoms with van der Waals surface area (Å²) >= 11 is 0. The van der Waals surface area contributed by atoms with Crippen molar-refractivity contribution in [1.82, 2.24) is 0 Å². The number of benzene rings is 2. The Hall–Kier alpha value is -2.16. The highest BCUT2D eigenvalue weighted by atomic mass is 19.1. The average Bonchev–Trinajstić information content (AvgIpc) is 2.39. The molecule has 0 unspecified atom stereocenters. The molecular formula is C14H9FO2. The molecule has 0 aromatic heterocycles. The zero-order valence-corrected chi connectivity index (χ0v) is 8.89. The summed E-state index contributed by atoms with van der Waals surface area (Å²) in [7, 11) is 0. The van der Waals surface area contributed by atoms with Gasteiger partial charge >= 0.3 is 0 Å². The van der Waals surface area contributed by atoms with E-state index in [1.807, 2.05) is 0 Å². The first-order valence-corrected chi connectivity index (χ1v) is 5.28. The standard InChI is InChI=1S/C14H9FO2/c15-14(9-16)10-5-1-3-7-12(10)17-13-8-4-2-6-11(13)14/h1-9H. The van der Waals surface area contributed by atoms with Crippen LogP contribution in [-0.4, -0.2) is 6.29 Å². The number of para-hydroxylation sites is 2. The molecule has 0 amide bonds. The molecule has 2 aromatic rings. The Morgan fingerprint density at radius 2 is 1.41 bits per heavy atom. The molecule has 0 fully saturated rings. The molecular weight excluding hydrogens is 219 g/mol. The lowest BCUT2D eigenvalue weighted by Crippen LogP contribution is -2.27. The maximum Gasteiger partial charge on any atom is 0.222 e. The van der Waals surface area contributed by atoms with Crippen LogP contribution in [-0.2, 0) is 10.5 Å². The van der Waals surface area contributed by atoms with Crippen LogP contribution in [0, 0.1) is 0 Å². The maximum absolute atomic E-state index is 14.8. The van der Waals surface area contributed by atoms with Gasteiger partial charge in [0, 0.05) is 11.1 Å². The third-order valence-corrected chi connectivity index (χ3v) is 2.94. The van der Waals surface area contributed by atoms with Gasteiger partial charge in [0.2, 0.25) is 5.67 Å². The molecule has 0 aliphatic carbocycles. The van der Waals surface area contributed by atoms with Gasteiger partial charge in [0.15, 0.2) is 6.29 Å². The van der Waals surface area contributed by atoms with Crippen molar-refractivity contribution in [3.8, 4) is 11.5 Å². The van der Waals surface area contributed by atoms with Crippen LogP contribution in [0.2, 0.25) is 0 Å². The van der Waals surface area contributed by atoms with Crippen molar-refractivity contribution in [2.75, 3.05) is 0 Å². The van der Waals surface area contributed by atoms with Crippen molar-refractivity contribution in [3.05, 3.63) is 59.7 Å². The summed E-state index contributed by atoms with van der Waals surface area (Å²) in [5.74, 6) is 0.779. The first-order chi connectivity index (χ1) is 8.25. The van der Waals surface area contributed by atoms with Gasteiger partial charge in [-0.15, -0.1) is 0 Å². The predicted octanol–water partition coefficient (Wildman–Crippen LogP) is 3.20. The van der Waals surface area contributed by atoms with E-state index >= 15 is 0 Å². The Morgan fingerprint density at radius 3 is 1.88 bits per heavy atom. The Bertz CT molecular complexity index is 547.